The van der Waals surface area contributed by atoms with Crippen LogP contribution in [0.5, 0.6) is 5.88 Å². The molecule has 8 heteroatoms. The second-order valence-corrected chi connectivity index (χ2v) is 8.98. The molecule has 0 spiro atoms. The van der Waals surface area contributed by atoms with Crippen LogP contribution in [0.3, 0.4) is 0 Å². The molecule has 5 rings (SSSR count). The van der Waals surface area contributed by atoms with Gasteiger partial charge in [0.25, 0.3) is 0 Å². The van der Waals surface area contributed by atoms with Crippen molar-refractivity contribution in [3.05, 3.63) is 28.9 Å². The van der Waals surface area contributed by atoms with Gasteiger partial charge in [0.05, 0.1) is 5.54 Å². The number of rotatable bonds is 4. The Morgan fingerprint density at radius 3 is 2.53 bits per heavy atom. The summed E-state index contributed by atoms with van der Waals surface area (Å²) in [6.45, 7) is 13.7. The molecule has 4 aliphatic rings. The van der Waals surface area contributed by atoms with Gasteiger partial charge in [0.2, 0.25) is 5.88 Å². The van der Waals surface area contributed by atoms with Crippen LogP contribution in [0.2, 0.25) is 0 Å². The smallest absolute Gasteiger partial charge is 0.234 e. The Bertz CT molecular complexity index is 795. The fourth-order valence-corrected chi connectivity index (χ4v) is 5.48. The molecule has 0 unspecified atom stereocenters. The van der Waals surface area contributed by atoms with Gasteiger partial charge in [0, 0.05) is 25.2 Å². The first kappa shape index (κ1) is 23.8. The van der Waals surface area contributed by atoms with Crippen molar-refractivity contribution in [1.29, 1.82) is 5.26 Å². The van der Waals surface area contributed by atoms with Crippen LogP contribution in [0, 0.1) is 18.3 Å². The summed E-state index contributed by atoms with van der Waals surface area (Å²) in [6, 6.07) is 2.41. The number of pyridine rings is 1. The maximum Gasteiger partial charge on any atom is 0.234 e. The molecule has 0 bridgehead atoms. The number of nitriles is 1. The average Bonchev–Trinajstić information content (AvgIpc) is 3.38. The Hall–Kier alpha value is -2.88. The number of aromatic nitrogens is 1. The van der Waals surface area contributed by atoms with Crippen molar-refractivity contribution in [1.82, 2.24) is 15.2 Å². The van der Waals surface area contributed by atoms with E-state index in [2.05, 4.69) is 33.4 Å². The molecular formula is C24H36CmN6O-2. The summed E-state index contributed by atoms with van der Waals surface area (Å²) in [7, 11) is 0. The predicted octanol–water partition coefficient (Wildman–Crippen LogP) is 3.03. The molecule has 3 saturated heterocycles. The minimum Gasteiger partial charge on any atom is -0.659 e. The first-order valence-electron chi connectivity index (χ1n) is 11.9. The van der Waals surface area contributed by atoms with Crippen molar-refractivity contribution in [2.75, 3.05) is 57.3 Å². The van der Waals surface area contributed by atoms with E-state index in [0.29, 0.717) is 18.1 Å². The Labute approximate surface area is 187 Å². The van der Waals surface area contributed by atoms with Gasteiger partial charge in [-0.1, -0.05) is 6.92 Å². The molecule has 0 aromatic carbocycles. The van der Waals surface area contributed by atoms with Crippen molar-refractivity contribution in [2.24, 2.45) is 0 Å². The normalized spacial score (nSPS) is 21.5. The van der Waals surface area contributed by atoms with Gasteiger partial charge >= 0.3 is 0 Å². The first-order valence-corrected chi connectivity index (χ1v) is 11.9. The summed E-state index contributed by atoms with van der Waals surface area (Å²) >= 11 is 0. The summed E-state index contributed by atoms with van der Waals surface area (Å²) in [6.07, 6.45) is 6.80. The SMILES string of the molecule is N#Cc1c(OCC23CCCN2CCC3)nc(N2CC[N-]CC2)c2c1CNCC2.[CH2-]CC.[Cm]. The molecule has 0 amide bonds. The number of nitrogens with zero attached hydrogens (tertiary/aromatic N) is 5. The second-order valence-electron chi connectivity index (χ2n) is 8.98. The van der Waals surface area contributed by atoms with E-state index >= 15 is 0 Å². The molecule has 3 fully saturated rings. The van der Waals surface area contributed by atoms with Gasteiger partial charge < -0.3 is 27.2 Å². The number of ether oxygens (including phenoxy) is 1. The molecule has 32 heavy (non-hydrogen) atoms. The van der Waals surface area contributed by atoms with Crippen molar-refractivity contribution >= 4 is 5.82 Å². The van der Waals surface area contributed by atoms with Gasteiger partial charge in [0.1, 0.15) is 24.1 Å². The minimum absolute atomic E-state index is 0. The fraction of sp³-hybridized carbons (Fsp3) is 0.708. The fourth-order valence-electron chi connectivity index (χ4n) is 5.48. The molecule has 5 heterocycles. The predicted molar refractivity (Wildman–Crippen MR) is 124 cm³/mol. The van der Waals surface area contributed by atoms with Crippen molar-refractivity contribution in [3.63, 3.8) is 0 Å². The van der Waals surface area contributed by atoms with Crippen molar-refractivity contribution in [3.8, 4) is 11.9 Å². The maximum atomic E-state index is 9.92. The summed E-state index contributed by atoms with van der Waals surface area (Å²) in [5.74, 6) is 1.56. The number of anilines is 1. The maximum absolute atomic E-state index is 9.92. The Kier molecular flexibility index (Phi) is 7.89. The number of piperazine rings is 1. The Balaban J connectivity index is 0.000000686. The largest absolute Gasteiger partial charge is 0.659 e. The van der Waals surface area contributed by atoms with E-state index in [1.807, 2.05) is 6.92 Å². The molecule has 1 aromatic rings. The molecule has 0 aliphatic carbocycles. The second kappa shape index (κ2) is 10.6. The third-order valence-electron chi connectivity index (χ3n) is 6.97. The number of hydrogen-bond donors (Lipinski definition) is 1. The van der Waals surface area contributed by atoms with E-state index in [4.69, 9.17) is 9.72 Å². The zero-order chi connectivity index (χ0) is 21.7. The molecule has 1 N–H and O–H groups in total. The van der Waals surface area contributed by atoms with Gasteiger partial charge in [-0.05, 0) is 57.3 Å². The topological polar surface area (TPSA) is 78.5 Å². The Morgan fingerprint density at radius 2 is 1.88 bits per heavy atom. The van der Waals surface area contributed by atoms with Gasteiger partial charge in [-0.2, -0.15) is 16.7 Å². The van der Waals surface area contributed by atoms with E-state index in [0.717, 1.165) is 63.5 Å². The molecule has 1 aromatic heterocycles. The van der Waals surface area contributed by atoms with E-state index in [1.165, 1.54) is 44.3 Å². The molecule has 7 nitrogen and oxygen atoms in total. The van der Waals surface area contributed by atoms with E-state index in [9.17, 15) is 5.26 Å². The standard InChI is InChI=1S/C21H29N6O.C3H7.Cm/c22-13-17-18-14-24-6-3-16(18)19(26-11-7-23-8-12-26)25-20(17)28-15-21-4-1-9-27(21)10-2-5-21;1-3-2;/h24H,1-12,14-15H2;1,3H2,2H3;/q2*-1;. The minimum atomic E-state index is 0. The van der Waals surface area contributed by atoms with Crippen LogP contribution in [0.4, 0.5) is 5.82 Å². The van der Waals surface area contributed by atoms with Crippen molar-refractivity contribution in [2.45, 2.75) is 57.5 Å². The van der Waals surface area contributed by atoms with E-state index in [-0.39, 0.29) is 5.54 Å². The van der Waals surface area contributed by atoms with E-state index in [1.54, 1.807) is 0 Å². The van der Waals surface area contributed by atoms with Gasteiger partial charge in [-0.15, -0.1) is 13.1 Å². The van der Waals surface area contributed by atoms with Crippen LogP contribution >= 0.6 is 0 Å². The molecule has 0 atom stereocenters. The first-order chi connectivity index (χ1) is 15.2. The number of hydrogen-bond acceptors (Lipinski definition) is 6. The van der Waals surface area contributed by atoms with Gasteiger partial charge in [-0.3, -0.25) is 4.90 Å². The molecule has 0 saturated carbocycles. The summed E-state index contributed by atoms with van der Waals surface area (Å²) in [5, 5.41) is 17.8. The monoisotopic (exact) mass is 667 g/mol. The molecular weight excluding hydrogens is 635 g/mol. The third-order valence-corrected chi connectivity index (χ3v) is 6.97. The summed E-state index contributed by atoms with van der Waals surface area (Å²) in [4.78, 5) is 9.87. The number of fused-ring (bicyclic) bond motifs is 2. The zero-order valence-electron chi connectivity index (χ0n) is 19.3. The molecule has 178 valence electrons. The zero-order valence-corrected chi connectivity index (χ0v) is 22.3. The molecule has 0 radical (unpaired) electrons. The summed E-state index contributed by atoms with van der Waals surface area (Å²) < 4.78 is 6.36. The van der Waals surface area contributed by atoms with Crippen LogP contribution in [-0.2, 0) is 13.0 Å². The van der Waals surface area contributed by atoms with Crippen molar-refractivity contribution < 1.29 is 4.74 Å². The number of nitrogens with one attached hydrogen (secondary N) is 1. The van der Waals surface area contributed by atoms with Crippen LogP contribution in [0.25, 0.3) is 5.32 Å². The van der Waals surface area contributed by atoms with Crippen LogP contribution in [0.15, 0.2) is 0 Å². The Morgan fingerprint density at radius 1 is 1.19 bits per heavy atom. The summed E-state index contributed by atoms with van der Waals surface area (Å²) in [5.41, 5.74) is 3.10. The quantitative estimate of drug-likeness (QED) is 0.497. The van der Waals surface area contributed by atoms with Crippen LogP contribution < -0.4 is 15.0 Å². The van der Waals surface area contributed by atoms with Gasteiger partial charge in [-0.25, -0.2) is 0 Å². The van der Waals surface area contributed by atoms with E-state index < -0.39 is 0 Å². The molecule has 4 aliphatic heterocycles. The van der Waals surface area contributed by atoms with Crippen LogP contribution in [0.1, 0.15) is 55.7 Å². The van der Waals surface area contributed by atoms with Crippen LogP contribution in [-0.4, -0.2) is 67.8 Å². The third kappa shape index (κ3) is 4.50. The van der Waals surface area contributed by atoms with Gasteiger partial charge in [0.15, 0.2) is 0 Å². The average molecular weight is 672 g/mol.